The largest absolute Gasteiger partial charge is 0.466 e. The molecule has 6 nitrogen and oxygen atoms in total. The summed E-state index contributed by atoms with van der Waals surface area (Å²) in [6.07, 6.45) is 75.2. The molecule has 6 heteroatoms. The van der Waals surface area contributed by atoms with E-state index in [1.165, 1.54) is 283 Å². The van der Waals surface area contributed by atoms with Crippen molar-refractivity contribution >= 4 is 11.9 Å². The summed E-state index contributed by atoms with van der Waals surface area (Å²) in [7, 11) is 0. The number of aliphatic hydroxyl groups is 2. The standard InChI is InChI=1S/C66H129NO5/c1-3-5-7-9-11-13-15-17-19-20-21-22-23-24-25-28-31-34-38-42-46-50-54-58-64(69)63(62-68)67-65(70)59-55-51-47-43-39-35-32-29-26-27-30-33-37-41-45-49-53-57-61-72-66(71)60-56-52-48-44-40-36-18-16-14-12-10-8-6-4-2/h29,32,63-64,68-69H,3-28,30-31,33-62H2,1-2H3,(H,67,70)/b32-29-. The fourth-order valence-electron chi connectivity index (χ4n) is 10.5. The fraction of sp³-hybridized carbons (Fsp3) is 0.939. The number of allylic oxidation sites excluding steroid dienone is 2. The molecule has 72 heavy (non-hydrogen) atoms. The third kappa shape index (κ3) is 57.9. The lowest BCUT2D eigenvalue weighted by atomic mass is 10.0. The highest BCUT2D eigenvalue weighted by atomic mass is 16.5. The average Bonchev–Trinajstić information content (AvgIpc) is 3.38. The number of amides is 1. The Morgan fingerprint density at radius 2 is 0.653 bits per heavy atom. The van der Waals surface area contributed by atoms with E-state index in [1.54, 1.807) is 0 Å². The van der Waals surface area contributed by atoms with Crippen molar-refractivity contribution in [2.45, 2.75) is 386 Å². The van der Waals surface area contributed by atoms with Crippen LogP contribution in [0.1, 0.15) is 373 Å². The van der Waals surface area contributed by atoms with Crippen molar-refractivity contribution in [2.24, 2.45) is 0 Å². The number of hydrogen-bond donors (Lipinski definition) is 3. The summed E-state index contributed by atoms with van der Waals surface area (Å²) in [4.78, 5) is 24.6. The van der Waals surface area contributed by atoms with Gasteiger partial charge in [0.1, 0.15) is 0 Å². The number of hydrogen-bond acceptors (Lipinski definition) is 5. The molecule has 0 aliphatic rings. The van der Waals surface area contributed by atoms with Crippen LogP contribution in [0, 0.1) is 0 Å². The molecule has 0 saturated heterocycles. The molecule has 0 saturated carbocycles. The summed E-state index contributed by atoms with van der Waals surface area (Å²) in [6.45, 7) is 4.98. The van der Waals surface area contributed by atoms with Gasteiger partial charge in [0.2, 0.25) is 5.91 Å². The molecule has 0 aromatic rings. The molecule has 0 heterocycles. The Balaban J connectivity index is 3.43. The number of rotatable bonds is 62. The summed E-state index contributed by atoms with van der Waals surface area (Å²) >= 11 is 0. The molecule has 0 aromatic carbocycles. The van der Waals surface area contributed by atoms with Crippen LogP contribution in [0.15, 0.2) is 12.2 Å². The Hall–Kier alpha value is -1.40. The molecule has 3 N–H and O–H groups in total. The minimum absolute atomic E-state index is 0.00642. The first-order valence-corrected chi connectivity index (χ1v) is 32.9. The molecule has 1 amide bonds. The number of carbonyl (C=O) groups excluding carboxylic acids is 2. The normalized spacial score (nSPS) is 12.6. The van der Waals surface area contributed by atoms with Crippen LogP contribution in [0.5, 0.6) is 0 Å². The Kier molecular flexibility index (Phi) is 60.9. The van der Waals surface area contributed by atoms with Gasteiger partial charge in [0, 0.05) is 12.8 Å². The maximum atomic E-state index is 12.5. The van der Waals surface area contributed by atoms with E-state index in [0.29, 0.717) is 25.9 Å². The zero-order valence-corrected chi connectivity index (χ0v) is 48.9. The molecule has 0 bridgehead atoms. The molecule has 0 fully saturated rings. The Bertz CT molecular complexity index is 1080. The second-order valence-corrected chi connectivity index (χ2v) is 22.8. The first kappa shape index (κ1) is 70.6. The lowest BCUT2D eigenvalue weighted by Gasteiger charge is -2.22. The lowest BCUT2D eigenvalue weighted by Crippen LogP contribution is -2.45. The van der Waals surface area contributed by atoms with Gasteiger partial charge in [-0.1, -0.05) is 321 Å². The van der Waals surface area contributed by atoms with E-state index < -0.39 is 12.1 Å². The predicted octanol–water partition coefficient (Wildman–Crippen LogP) is 20.8. The summed E-state index contributed by atoms with van der Waals surface area (Å²) in [6, 6.07) is -0.552. The summed E-state index contributed by atoms with van der Waals surface area (Å²) in [5, 5.41) is 23.4. The lowest BCUT2D eigenvalue weighted by molar-refractivity contribution is -0.143. The Morgan fingerprint density at radius 1 is 0.375 bits per heavy atom. The van der Waals surface area contributed by atoms with Crippen LogP contribution >= 0.6 is 0 Å². The summed E-state index contributed by atoms with van der Waals surface area (Å²) in [5.41, 5.74) is 0. The number of ether oxygens (including phenoxy) is 1. The third-order valence-electron chi connectivity index (χ3n) is 15.6. The van der Waals surface area contributed by atoms with Crippen LogP contribution < -0.4 is 5.32 Å². The molecule has 0 aromatic heterocycles. The van der Waals surface area contributed by atoms with E-state index in [4.69, 9.17) is 4.74 Å². The van der Waals surface area contributed by atoms with E-state index in [9.17, 15) is 19.8 Å². The molecule has 2 unspecified atom stereocenters. The minimum Gasteiger partial charge on any atom is -0.466 e. The van der Waals surface area contributed by atoms with Gasteiger partial charge in [0.05, 0.1) is 25.4 Å². The maximum Gasteiger partial charge on any atom is 0.305 e. The molecule has 0 aliphatic carbocycles. The molecule has 2 atom stereocenters. The predicted molar refractivity (Wildman–Crippen MR) is 315 cm³/mol. The van der Waals surface area contributed by atoms with Gasteiger partial charge in [-0.15, -0.1) is 0 Å². The number of aliphatic hydroxyl groups excluding tert-OH is 2. The zero-order valence-electron chi connectivity index (χ0n) is 48.9. The van der Waals surface area contributed by atoms with Crippen molar-refractivity contribution in [3.05, 3.63) is 12.2 Å². The molecule has 428 valence electrons. The third-order valence-corrected chi connectivity index (χ3v) is 15.6. The maximum absolute atomic E-state index is 12.5. The highest BCUT2D eigenvalue weighted by molar-refractivity contribution is 5.76. The van der Waals surface area contributed by atoms with Crippen LogP contribution in [0.3, 0.4) is 0 Å². The second-order valence-electron chi connectivity index (χ2n) is 22.8. The van der Waals surface area contributed by atoms with E-state index >= 15 is 0 Å². The number of esters is 1. The number of carbonyl (C=O) groups is 2. The highest BCUT2D eigenvalue weighted by Crippen LogP contribution is 2.18. The van der Waals surface area contributed by atoms with Crippen molar-refractivity contribution in [3.63, 3.8) is 0 Å². The van der Waals surface area contributed by atoms with Crippen LogP contribution in [0.4, 0.5) is 0 Å². The second kappa shape index (κ2) is 62.1. The molecular weight excluding hydrogens is 887 g/mol. The van der Waals surface area contributed by atoms with Gasteiger partial charge in [-0.05, 0) is 51.4 Å². The average molecular weight is 1020 g/mol. The monoisotopic (exact) mass is 1020 g/mol. The number of nitrogens with one attached hydrogen (secondary N) is 1. The molecule has 0 spiro atoms. The van der Waals surface area contributed by atoms with Gasteiger partial charge in [-0.25, -0.2) is 0 Å². The Labute approximate surface area is 450 Å². The number of unbranched alkanes of at least 4 members (excludes halogenated alkanes) is 49. The first-order valence-electron chi connectivity index (χ1n) is 32.9. The van der Waals surface area contributed by atoms with Gasteiger partial charge in [-0.2, -0.15) is 0 Å². The quantitative estimate of drug-likeness (QED) is 0.0320. The van der Waals surface area contributed by atoms with E-state index in [2.05, 4.69) is 31.3 Å². The Morgan fingerprint density at radius 3 is 0.986 bits per heavy atom. The van der Waals surface area contributed by atoms with Crippen molar-refractivity contribution in [3.8, 4) is 0 Å². The van der Waals surface area contributed by atoms with Crippen LogP contribution in [-0.4, -0.2) is 47.4 Å². The molecular formula is C66H129NO5. The van der Waals surface area contributed by atoms with Crippen LogP contribution in [0.2, 0.25) is 0 Å². The van der Waals surface area contributed by atoms with Crippen molar-refractivity contribution in [1.82, 2.24) is 5.32 Å². The first-order chi connectivity index (χ1) is 35.5. The van der Waals surface area contributed by atoms with Gasteiger partial charge >= 0.3 is 5.97 Å². The zero-order chi connectivity index (χ0) is 52.2. The van der Waals surface area contributed by atoms with Crippen molar-refractivity contribution in [2.75, 3.05) is 13.2 Å². The van der Waals surface area contributed by atoms with Crippen molar-refractivity contribution < 1.29 is 24.5 Å². The summed E-state index contributed by atoms with van der Waals surface area (Å²) in [5.74, 6) is -0.0383. The fourth-order valence-corrected chi connectivity index (χ4v) is 10.5. The van der Waals surface area contributed by atoms with Gasteiger partial charge in [-0.3, -0.25) is 9.59 Å². The molecule has 0 aliphatic heterocycles. The highest BCUT2D eigenvalue weighted by Gasteiger charge is 2.20. The van der Waals surface area contributed by atoms with Gasteiger partial charge < -0.3 is 20.3 Å². The van der Waals surface area contributed by atoms with Crippen LogP contribution in [-0.2, 0) is 14.3 Å². The van der Waals surface area contributed by atoms with E-state index in [0.717, 1.165) is 57.8 Å². The van der Waals surface area contributed by atoms with Gasteiger partial charge in [0.15, 0.2) is 0 Å². The van der Waals surface area contributed by atoms with E-state index in [1.807, 2.05) is 0 Å². The van der Waals surface area contributed by atoms with Crippen LogP contribution in [0.25, 0.3) is 0 Å². The summed E-state index contributed by atoms with van der Waals surface area (Å²) < 4.78 is 5.48. The smallest absolute Gasteiger partial charge is 0.305 e. The topological polar surface area (TPSA) is 95.9 Å². The molecule has 0 radical (unpaired) electrons. The minimum atomic E-state index is -0.673. The SMILES string of the molecule is CCCCCCCCCCCCCCCCCCCCCCCCCC(O)C(CO)NC(=O)CCCCCCC/C=C\CCCCCCCCCCCOC(=O)CCCCCCCCCCCCCCCC. The van der Waals surface area contributed by atoms with Gasteiger partial charge in [0.25, 0.3) is 0 Å². The van der Waals surface area contributed by atoms with Crippen molar-refractivity contribution in [1.29, 1.82) is 0 Å². The molecule has 0 rings (SSSR count). The van der Waals surface area contributed by atoms with E-state index in [-0.39, 0.29) is 18.5 Å².